The smallest absolute Gasteiger partial charge is 0.229 e. The molecule has 0 fully saturated rings. The minimum atomic E-state index is -3.28. The molecule has 0 saturated heterocycles. The number of benzene rings is 3. The molecule has 3 aromatic rings. The maximum absolute atomic E-state index is 11.4. The summed E-state index contributed by atoms with van der Waals surface area (Å²) in [5.41, 5.74) is 5.30. The minimum absolute atomic E-state index is 0. The van der Waals surface area contributed by atoms with Gasteiger partial charge in [-0.15, -0.1) is 12.4 Å². The normalized spacial score (nSPS) is 15.7. The number of aliphatic imine (C=N–C) groups is 1. The highest BCUT2D eigenvalue weighted by Crippen LogP contribution is 2.33. The van der Waals surface area contributed by atoms with E-state index in [9.17, 15) is 8.42 Å². The monoisotopic (exact) mass is 503 g/mol. The van der Waals surface area contributed by atoms with Crippen molar-refractivity contribution in [2.24, 2.45) is 4.99 Å². The summed E-state index contributed by atoms with van der Waals surface area (Å²) in [5.74, 6) is 1.04. The van der Waals surface area contributed by atoms with Crippen LogP contribution >= 0.6 is 24.0 Å². The maximum Gasteiger partial charge on any atom is 0.229 e. The third-order valence-corrected chi connectivity index (χ3v) is 6.41. The highest BCUT2D eigenvalue weighted by atomic mass is 35.5. The lowest BCUT2D eigenvalue weighted by Gasteiger charge is -2.20. The van der Waals surface area contributed by atoms with Gasteiger partial charge in [-0.2, -0.15) is 0 Å². The molecule has 3 aromatic carbocycles. The first-order valence-corrected chi connectivity index (χ1v) is 12.7. The fourth-order valence-corrected chi connectivity index (χ4v) is 4.66. The van der Waals surface area contributed by atoms with Gasteiger partial charge >= 0.3 is 0 Å². The molecule has 1 atom stereocenters. The number of halogens is 2. The highest BCUT2D eigenvalue weighted by Gasteiger charge is 2.23. The van der Waals surface area contributed by atoms with E-state index in [-0.39, 0.29) is 18.4 Å². The molecule has 0 bridgehead atoms. The number of hydrogen-bond donors (Lipinski definition) is 1. The Balaban J connectivity index is 0.00000306. The second-order valence-corrected chi connectivity index (χ2v) is 10.3. The lowest BCUT2D eigenvalue weighted by molar-refractivity contribution is 0.490. The van der Waals surface area contributed by atoms with E-state index < -0.39 is 10.0 Å². The maximum atomic E-state index is 11.4. The van der Waals surface area contributed by atoms with E-state index >= 15 is 0 Å². The number of hydrogen-bond acceptors (Lipinski definition) is 4. The Kier molecular flexibility index (Phi) is 8.05. The van der Waals surface area contributed by atoms with E-state index in [4.69, 9.17) is 16.6 Å². The van der Waals surface area contributed by atoms with Gasteiger partial charge in [0, 0.05) is 30.7 Å². The first kappa shape index (κ1) is 25.1. The van der Waals surface area contributed by atoms with Crippen LogP contribution < -0.4 is 4.72 Å². The van der Waals surface area contributed by atoms with E-state index in [2.05, 4.69) is 40.9 Å². The second-order valence-electron chi connectivity index (χ2n) is 8.13. The lowest BCUT2D eigenvalue weighted by Crippen LogP contribution is -2.26. The van der Waals surface area contributed by atoms with Gasteiger partial charge in [-0.05, 0) is 52.9 Å². The number of anilines is 1. The number of sulfonamides is 1. The Morgan fingerprint density at radius 1 is 1.00 bits per heavy atom. The fourth-order valence-electron chi connectivity index (χ4n) is 3.97. The summed E-state index contributed by atoms with van der Waals surface area (Å²) in [6.45, 7) is 0.802. The predicted octanol–water partition coefficient (Wildman–Crippen LogP) is 5.70. The number of amidine groups is 1. The summed E-state index contributed by atoms with van der Waals surface area (Å²) >= 11 is 6.12. The molecule has 4 rings (SSSR count). The quantitative estimate of drug-likeness (QED) is 0.469. The molecule has 1 heterocycles. The Morgan fingerprint density at radius 3 is 2.33 bits per heavy atom. The minimum Gasteiger partial charge on any atom is -0.359 e. The fraction of sp³-hybridized carbons (Fsp3) is 0.240. The summed E-state index contributed by atoms with van der Waals surface area (Å²) in [6.07, 6.45) is 2.75. The van der Waals surface area contributed by atoms with Crippen molar-refractivity contribution >= 4 is 45.6 Å². The zero-order valence-corrected chi connectivity index (χ0v) is 20.9. The Bertz CT molecular complexity index is 1230. The second kappa shape index (κ2) is 10.6. The molecule has 8 heteroatoms. The van der Waals surface area contributed by atoms with Crippen molar-refractivity contribution in [2.75, 3.05) is 18.0 Å². The molecular formula is C25H27Cl2N3O2S. The Hall–Kier alpha value is -2.54. The van der Waals surface area contributed by atoms with E-state index in [1.165, 1.54) is 11.1 Å². The van der Waals surface area contributed by atoms with Crippen molar-refractivity contribution in [1.29, 1.82) is 0 Å². The van der Waals surface area contributed by atoms with Gasteiger partial charge in [0.2, 0.25) is 10.0 Å². The van der Waals surface area contributed by atoms with Crippen molar-refractivity contribution in [2.45, 2.75) is 25.4 Å². The summed E-state index contributed by atoms with van der Waals surface area (Å²) in [7, 11) is -1.19. The van der Waals surface area contributed by atoms with Crippen LogP contribution in [0.25, 0.3) is 0 Å². The van der Waals surface area contributed by atoms with Crippen LogP contribution in [0.5, 0.6) is 0 Å². The molecule has 1 unspecified atom stereocenters. The molecule has 33 heavy (non-hydrogen) atoms. The molecule has 5 nitrogen and oxygen atoms in total. The molecule has 0 aliphatic carbocycles. The number of nitrogens with zero attached hydrogens (tertiary/aromatic N) is 2. The van der Waals surface area contributed by atoms with E-state index in [1.54, 1.807) is 12.1 Å². The van der Waals surface area contributed by atoms with Gasteiger partial charge in [-0.25, -0.2) is 8.42 Å². The average Bonchev–Trinajstić information content (AvgIpc) is 2.89. The largest absolute Gasteiger partial charge is 0.359 e. The molecule has 0 saturated carbocycles. The van der Waals surface area contributed by atoms with Crippen LogP contribution in [0.15, 0.2) is 77.8 Å². The zero-order valence-electron chi connectivity index (χ0n) is 18.5. The number of aryl methyl sites for hydroxylation is 1. The molecule has 174 valence electrons. The van der Waals surface area contributed by atoms with Crippen molar-refractivity contribution in [3.05, 3.63) is 100 Å². The lowest BCUT2D eigenvalue weighted by atomic mass is 9.95. The number of fused-ring (bicyclic) bond motifs is 1. The average molecular weight is 504 g/mol. The molecule has 1 aliphatic heterocycles. The number of nitrogens with one attached hydrogen (secondary N) is 1. The Labute approximate surface area is 207 Å². The standard InChI is InChI=1S/C25H26ClN3O2S.ClH/c1-29-17-20-5-3-4-6-23(20)25(19-10-12-21(26)13-11-19)27-24(29)16-9-18-7-14-22(15-8-18)28-32(2,30)31;/h3-8,10-15,25,28H,9,16-17H2,1-2H3;1H. The van der Waals surface area contributed by atoms with Crippen molar-refractivity contribution in [1.82, 2.24) is 4.90 Å². The van der Waals surface area contributed by atoms with Gasteiger partial charge in [-0.3, -0.25) is 9.71 Å². The Morgan fingerprint density at radius 2 is 1.67 bits per heavy atom. The molecule has 0 aromatic heterocycles. The first-order chi connectivity index (χ1) is 15.3. The van der Waals surface area contributed by atoms with Crippen LogP contribution in [0.4, 0.5) is 5.69 Å². The third kappa shape index (κ3) is 6.50. The van der Waals surface area contributed by atoms with Gasteiger partial charge < -0.3 is 4.90 Å². The molecule has 0 radical (unpaired) electrons. The summed E-state index contributed by atoms with van der Waals surface area (Å²) in [6, 6.07) is 23.8. The first-order valence-electron chi connectivity index (χ1n) is 10.5. The van der Waals surface area contributed by atoms with E-state index in [1.807, 2.05) is 36.4 Å². The van der Waals surface area contributed by atoms with Gasteiger partial charge in [0.15, 0.2) is 0 Å². The van der Waals surface area contributed by atoms with Crippen LogP contribution in [0, 0.1) is 0 Å². The topological polar surface area (TPSA) is 61.8 Å². The van der Waals surface area contributed by atoms with Gasteiger partial charge in [0.1, 0.15) is 11.9 Å². The van der Waals surface area contributed by atoms with Crippen LogP contribution in [0.2, 0.25) is 5.02 Å². The van der Waals surface area contributed by atoms with Gasteiger partial charge in [0.25, 0.3) is 0 Å². The van der Waals surface area contributed by atoms with Gasteiger partial charge in [-0.1, -0.05) is 60.1 Å². The van der Waals surface area contributed by atoms with Crippen LogP contribution in [0.3, 0.4) is 0 Å². The number of rotatable bonds is 6. The van der Waals surface area contributed by atoms with Crippen LogP contribution in [-0.4, -0.2) is 32.5 Å². The molecular weight excluding hydrogens is 477 g/mol. The van der Waals surface area contributed by atoms with Crippen molar-refractivity contribution < 1.29 is 8.42 Å². The summed E-state index contributed by atoms with van der Waals surface area (Å²) in [4.78, 5) is 7.40. The zero-order chi connectivity index (χ0) is 22.7. The molecule has 1 N–H and O–H groups in total. The van der Waals surface area contributed by atoms with Crippen LogP contribution in [0.1, 0.15) is 34.7 Å². The molecule has 0 amide bonds. The van der Waals surface area contributed by atoms with E-state index in [0.717, 1.165) is 42.6 Å². The molecule has 1 aliphatic rings. The highest BCUT2D eigenvalue weighted by molar-refractivity contribution is 7.92. The summed E-state index contributed by atoms with van der Waals surface area (Å²) < 4.78 is 25.3. The van der Waals surface area contributed by atoms with Crippen molar-refractivity contribution in [3.63, 3.8) is 0 Å². The SMILES string of the molecule is CN1Cc2ccccc2C(c2ccc(Cl)cc2)N=C1CCc1ccc(NS(C)(=O)=O)cc1.Cl. The predicted molar refractivity (Wildman–Crippen MR) is 139 cm³/mol. The van der Waals surface area contributed by atoms with Crippen molar-refractivity contribution in [3.8, 4) is 0 Å². The third-order valence-electron chi connectivity index (χ3n) is 5.56. The molecule has 0 spiro atoms. The van der Waals surface area contributed by atoms with E-state index in [0.29, 0.717) is 10.7 Å². The summed E-state index contributed by atoms with van der Waals surface area (Å²) in [5, 5.41) is 0.714. The van der Waals surface area contributed by atoms with Gasteiger partial charge in [0.05, 0.1) is 6.26 Å². The van der Waals surface area contributed by atoms with Crippen LogP contribution in [-0.2, 0) is 23.0 Å².